The molecule has 0 heterocycles. The second-order valence-corrected chi connectivity index (χ2v) is 15.7. The molecule has 0 bridgehead atoms. The van der Waals surface area contributed by atoms with Gasteiger partial charge in [-0.3, -0.25) is 14.4 Å². The van der Waals surface area contributed by atoms with Gasteiger partial charge in [0.1, 0.15) is 13.2 Å². The van der Waals surface area contributed by atoms with Crippen LogP contribution in [0, 0.1) is 0 Å². The molecular weight excluding hydrogens is 733 g/mol. The van der Waals surface area contributed by atoms with Crippen molar-refractivity contribution in [1.82, 2.24) is 0 Å². The van der Waals surface area contributed by atoms with Gasteiger partial charge >= 0.3 is 17.9 Å². The highest BCUT2D eigenvalue weighted by Gasteiger charge is 2.19. The standard InChI is InChI=1S/C53H88O6/c1-4-7-10-13-16-19-21-23-25-26-28-29-31-34-37-40-43-46-52(55)58-49-50(48-57-51(54)45-42-39-36-33-18-15-12-9-6-3)59-53(56)47-44-41-38-35-32-30-27-24-22-20-17-14-11-8-5-2/h8-9,11-12,14,17-18,20,22,24,27,30,32-33,50H,4-7,10,13,15-16,19,21,23,25-26,28-29,31,34-49H2,1-3H3/b11-8-,12-9-,17-14-,22-20-,27-24-,32-30-,33-18-. The van der Waals surface area contributed by atoms with Crippen LogP contribution in [0.5, 0.6) is 0 Å². The van der Waals surface area contributed by atoms with E-state index in [4.69, 9.17) is 14.2 Å². The molecule has 0 fully saturated rings. The van der Waals surface area contributed by atoms with Crippen molar-refractivity contribution in [2.45, 2.75) is 219 Å². The molecule has 336 valence electrons. The van der Waals surface area contributed by atoms with E-state index in [1.165, 1.54) is 89.9 Å². The summed E-state index contributed by atoms with van der Waals surface area (Å²) >= 11 is 0. The first-order valence-electron chi connectivity index (χ1n) is 24.2. The number of carbonyl (C=O) groups excluding carboxylic acids is 3. The van der Waals surface area contributed by atoms with E-state index in [-0.39, 0.29) is 37.5 Å². The van der Waals surface area contributed by atoms with Gasteiger partial charge in [-0.1, -0.05) is 215 Å². The minimum absolute atomic E-state index is 0.103. The summed E-state index contributed by atoms with van der Waals surface area (Å²) in [6.07, 6.45) is 60.1. The van der Waals surface area contributed by atoms with Gasteiger partial charge in [-0.25, -0.2) is 0 Å². The Morgan fingerprint density at radius 3 is 1.25 bits per heavy atom. The number of carbonyl (C=O) groups is 3. The Kier molecular flexibility index (Phi) is 44.5. The maximum atomic E-state index is 12.7. The number of allylic oxidation sites excluding steroid dienone is 14. The zero-order valence-electron chi connectivity index (χ0n) is 38.2. The molecule has 6 nitrogen and oxygen atoms in total. The first-order chi connectivity index (χ1) is 29.0. The van der Waals surface area contributed by atoms with Gasteiger partial charge in [-0.15, -0.1) is 0 Å². The van der Waals surface area contributed by atoms with Gasteiger partial charge in [-0.2, -0.15) is 0 Å². The number of unbranched alkanes of at least 4 members (excludes halogenated alkanes) is 21. The lowest BCUT2D eigenvalue weighted by atomic mass is 10.0. The third-order valence-corrected chi connectivity index (χ3v) is 10.0. The van der Waals surface area contributed by atoms with Gasteiger partial charge < -0.3 is 14.2 Å². The van der Waals surface area contributed by atoms with Crippen molar-refractivity contribution in [1.29, 1.82) is 0 Å². The van der Waals surface area contributed by atoms with Crippen molar-refractivity contribution in [3.8, 4) is 0 Å². The van der Waals surface area contributed by atoms with E-state index in [9.17, 15) is 14.4 Å². The highest BCUT2D eigenvalue weighted by Crippen LogP contribution is 2.15. The number of esters is 3. The second-order valence-electron chi connectivity index (χ2n) is 15.7. The maximum absolute atomic E-state index is 12.7. The van der Waals surface area contributed by atoms with E-state index >= 15 is 0 Å². The Hall–Kier alpha value is -3.41. The van der Waals surface area contributed by atoms with E-state index < -0.39 is 6.10 Å². The lowest BCUT2D eigenvalue weighted by molar-refractivity contribution is -0.167. The molecule has 1 unspecified atom stereocenters. The minimum atomic E-state index is -0.808. The van der Waals surface area contributed by atoms with E-state index in [1.807, 2.05) is 48.6 Å². The molecule has 0 saturated heterocycles. The van der Waals surface area contributed by atoms with Gasteiger partial charge in [0, 0.05) is 19.3 Å². The quantitative estimate of drug-likeness (QED) is 0.0201. The molecule has 0 radical (unpaired) electrons. The number of rotatable bonds is 42. The molecule has 0 aromatic heterocycles. The van der Waals surface area contributed by atoms with Crippen LogP contribution in [0.1, 0.15) is 213 Å². The largest absolute Gasteiger partial charge is 0.462 e. The first kappa shape index (κ1) is 55.6. The fourth-order valence-corrected chi connectivity index (χ4v) is 6.44. The smallest absolute Gasteiger partial charge is 0.306 e. The SMILES string of the molecule is CC\C=C/C=C\C=C/C=C\C=C/CCCCCC(=O)OC(COC(=O)CCCC/C=C\C/C=C\CC)COC(=O)CCCCCCCCCCCCCCCCCCC. The van der Waals surface area contributed by atoms with Crippen molar-refractivity contribution in [3.63, 3.8) is 0 Å². The predicted molar refractivity (Wildman–Crippen MR) is 251 cm³/mol. The molecule has 1 atom stereocenters. The Bertz CT molecular complexity index is 1170. The van der Waals surface area contributed by atoms with Crippen molar-refractivity contribution in [2.24, 2.45) is 0 Å². The maximum Gasteiger partial charge on any atom is 0.306 e. The molecule has 0 N–H and O–H groups in total. The van der Waals surface area contributed by atoms with Crippen LogP contribution in [-0.4, -0.2) is 37.2 Å². The van der Waals surface area contributed by atoms with Crippen LogP contribution in [0.4, 0.5) is 0 Å². The molecule has 0 rings (SSSR count). The molecule has 59 heavy (non-hydrogen) atoms. The van der Waals surface area contributed by atoms with Gasteiger partial charge in [0.25, 0.3) is 0 Å². The average Bonchev–Trinajstić information content (AvgIpc) is 3.23. The summed E-state index contributed by atoms with van der Waals surface area (Å²) in [5, 5.41) is 0. The van der Waals surface area contributed by atoms with Crippen LogP contribution >= 0.6 is 0 Å². The van der Waals surface area contributed by atoms with Gasteiger partial charge in [-0.05, 0) is 64.2 Å². The molecule has 0 aliphatic carbocycles. The summed E-state index contributed by atoms with van der Waals surface area (Å²) in [6, 6.07) is 0. The van der Waals surface area contributed by atoms with Crippen molar-refractivity contribution in [2.75, 3.05) is 13.2 Å². The Morgan fingerprint density at radius 1 is 0.373 bits per heavy atom. The Balaban J connectivity index is 4.42. The average molecular weight is 821 g/mol. The summed E-state index contributed by atoms with van der Waals surface area (Å²) in [5.74, 6) is -0.987. The first-order valence-corrected chi connectivity index (χ1v) is 24.2. The summed E-state index contributed by atoms with van der Waals surface area (Å²) in [6.45, 7) is 6.30. The Labute approximate surface area is 363 Å². The Morgan fingerprint density at radius 2 is 0.746 bits per heavy atom. The van der Waals surface area contributed by atoms with Crippen molar-refractivity contribution >= 4 is 17.9 Å². The minimum Gasteiger partial charge on any atom is -0.462 e. The molecule has 0 aliphatic rings. The number of ether oxygens (including phenoxy) is 3. The summed E-state index contributed by atoms with van der Waals surface area (Å²) < 4.78 is 16.7. The van der Waals surface area contributed by atoms with E-state index in [1.54, 1.807) is 0 Å². The molecule has 0 aliphatic heterocycles. The zero-order valence-corrected chi connectivity index (χ0v) is 38.2. The van der Waals surface area contributed by atoms with Crippen LogP contribution in [0.15, 0.2) is 85.1 Å². The number of hydrogen-bond donors (Lipinski definition) is 0. The molecular formula is C53H88O6. The third kappa shape index (κ3) is 45.5. The lowest BCUT2D eigenvalue weighted by Crippen LogP contribution is -2.30. The normalized spacial score (nSPS) is 12.8. The molecule has 0 aromatic carbocycles. The van der Waals surface area contributed by atoms with Crippen molar-refractivity contribution in [3.05, 3.63) is 85.1 Å². The molecule has 0 aromatic rings. The lowest BCUT2D eigenvalue weighted by Gasteiger charge is -2.18. The molecule has 6 heteroatoms. The van der Waals surface area contributed by atoms with Crippen LogP contribution in [-0.2, 0) is 28.6 Å². The fraction of sp³-hybridized carbons (Fsp3) is 0.679. The van der Waals surface area contributed by atoms with E-state index in [0.29, 0.717) is 19.3 Å². The summed E-state index contributed by atoms with van der Waals surface area (Å²) in [4.78, 5) is 37.8. The highest BCUT2D eigenvalue weighted by molar-refractivity contribution is 5.71. The zero-order chi connectivity index (χ0) is 43.0. The number of hydrogen-bond acceptors (Lipinski definition) is 6. The van der Waals surface area contributed by atoms with Gasteiger partial charge in [0.05, 0.1) is 0 Å². The topological polar surface area (TPSA) is 78.9 Å². The second kappa shape index (κ2) is 47.3. The van der Waals surface area contributed by atoms with Crippen molar-refractivity contribution < 1.29 is 28.6 Å². The van der Waals surface area contributed by atoms with Crippen LogP contribution in [0.3, 0.4) is 0 Å². The monoisotopic (exact) mass is 821 g/mol. The summed E-state index contributed by atoms with van der Waals surface area (Å²) in [7, 11) is 0. The van der Waals surface area contributed by atoms with Crippen LogP contribution in [0.2, 0.25) is 0 Å². The summed E-state index contributed by atoms with van der Waals surface area (Å²) in [5.41, 5.74) is 0. The third-order valence-electron chi connectivity index (χ3n) is 10.0. The van der Waals surface area contributed by atoms with Crippen LogP contribution < -0.4 is 0 Å². The predicted octanol–water partition coefficient (Wildman–Crippen LogP) is 15.6. The van der Waals surface area contributed by atoms with Gasteiger partial charge in [0.2, 0.25) is 0 Å². The highest BCUT2D eigenvalue weighted by atomic mass is 16.6. The molecule has 0 amide bonds. The van der Waals surface area contributed by atoms with E-state index in [0.717, 1.165) is 77.0 Å². The molecule has 0 spiro atoms. The van der Waals surface area contributed by atoms with Gasteiger partial charge in [0.15, 0.2) is 6.10 Å². The molecule has 0 saturated carbocycles. The fourth-order valence-electron chi connectivity index (χ4n) is 6.44. The van der Waals surface area contributed by atoms with E-state index in [2.05, 4.69) is 57.2 Å². The van der Waals surface area contributed by atoms with Crippen LogP contribution in [0.25, 0.3) is 0 Å².